The normalized spacial score (nSPS) is 20.2. The minimum Gasteiger partial charge on any atom is -0.379 e. The molecule has 2 fully saturated rings. The van der Waals surface area contributed by atoms with Crippen LogP contribution >= 0.6 is 24.0 Å². The number of rotatable bonds is 6. The molecule has 3 rings (SSSR count). The molecule has 0 aromatic heterocycles. The fraction of sp³-hybridized carbons (Fsp3) is 0.421. The molecule has 0 atom stereocenters. The number of ketones is 1. The summed E-state index contributed by atoms with van der Waals surface area (Å²) < 4.78 is 5.89. The van der Waals surface area contributed by atoms with Gasteiger partial charge < -0.3 is 4.74 Å². The van der Waals surface area contributed by atoms with Gasteiger partial charge in [0, 0.05) is 32.1 Å². The van der Waals surface area contributed by atoms with Crippen molar-refractivity contribution < 1.29 is 14.3 Å². The third-order valence-electron chi connectivity index (χ3n) is 4.50. The average Bonchev–Trinajstić information content (AvgIpc) is 2.90. The van der Waals surface area contributed by atoms with E-state index >= 15 is 0 Å². The van der Waals surface area contributed by atoms with Crippen molar-refractivity contribution >= 4 is 46.1 Å². The van der Waals surface area contributed by atoms with Crippen LogP contribution in [0, 0.1) is 0 Å². The summed E-state index contributed by atoms with van der Waals surface area (Å²) in [5, 5.41) is 0. The number of nitrogens with zero attached hydrogens (tertiary/aromatic N) is 2. The number of morpholine rings is 1. The summed E-state index contributed by atoms with van der Waals surface area (Å²) in [6.45, 7) is 4.41. The van der Waals surface area contributed by atoms with Gasteiger partial charge in [0.25, 0.3) is 5.91 Å². The van der Waals surface area contributed by atoms with Crippen LogP contribution in [-0.4, -0.2) is 65.7 Å². The molecule has 0 aliphatic carbocycles. The largest absolute Gasteiger partial charge is 0.379 e. The summed E-state index contributed by atoms with van der Waals surface area (Å²) in [5.41, 5.74) is 1.61. The van der Waals surface area contributed by atoms with Crippen molar-refractivity contribution in [1.82, 2.24) is 9.80 Å². The number of hydrogen-bond donors (Lipinski definition) is 0. The Balaban J connectivity index is 1.53. The molecule has 2 aliphatic heterocycles. The quantitative estimate of drug-likeness (QED) is 0.423. The lowest BCUT2D eigenvalue weighted by atomic mass is 10.0. The fourth-order valence-electron chi connectivity index (χ4n) is 2.89. The van der Waals surface area contributed by atoms with E-state index in [1.807, 2.05) is 30.3 Å². The highest BCUT2D eigenvalue weighted by atomic mass is 32.2. The standard InChI is InChI=1S/C19H22N2O3S2/c1-20-18(23)17(26-19(20)25)13-14-4-6-15(7-5-14)16(22)3-2-8-21-9-11-24-12-10-21/h4-7,13H,2-3,8-12H2,1H3/b17-13+. The van der Waals surface area contributed by atoms with E-state index in [-0.39, 0.29) is 11.7 Å². The second kappa shape index (κ2) is 8.90. The van der Waals surface area contributed by atoms with E-state index in [9.17, 15) is 9.59 Å². The number of hydrogen-bond acceptors (Lipinski definition) is 6. The maximum Gasteiger partial charge on any atom is 0.265 e. The number of Topliss-reactive ketones (excluding diaryl/α,β-unsaturated/α-hetero) is 1. The van der Waals surface area contributed by atoms with E-state index in [0.717, 1.165) is 44.8 Å². The molecule has 0 saturated carbocycles. The molecule has 2 heterocycles. The first-order valence-electron chi connectivity index (χ1n) is 8.69. The van der Waals surface area contributed by atoms with Gasteiger partial charge in [0.2, 0.25) is 0 Å². The molecule has 2 aliphatic rings. The first-order valence-corrected chi connectivity index (χ1v) is 9.92. The van der Waals surface area contributed by atoms with Crippen molar-refractivity contribution in [2.45, 2.75) is 12.8 Å². The fourth-order valence-corrected chi connectivity index (χ4v) is 4.07. The maximum absolute atomic E-state index is 12.3. The summed E-state index contributed by atoms with van der Waals surface area (Å²) >= 11 is 6.43. The zero-order chi connectivity index (χ0) is 18.5. The number of thioether (sulfide) groups is 1. The minimum atomic E-state index is -0.0803. The molecule has 1 amide bonds. The number of thiocarbonyl (C=S) groups is 1. The lowest BCUT2D eigenvalue weighted by Crippen LogP contribution is -2.36. The van der Waals surface area contributed by atoms with Gasteiger partial charge in [-0.25, -0.2) is 0 Å². The van der Waals surface area contributed by atoms with Gasteiger partial charge >= 0.3 is 0 Å². The number of ether oxygens (including phenoxy) is 1. The van der Waals surface area contributed by atoms with Gasteiger partial charge in [0.1, 0.15) is 4.32 Å². The van der Waals surface area contributed by atoms with E-state index in [1.54, 1.807) is 7.05 Å². The third-order valence-corrected chi connectivity index (χ3v) is 5.98. The Morgan fingerprint density at radius 3 is 2.58 bits per heavy atom. The Labute approximate surface area is 163 Å². The van der Waals surface area contributed by atoms with Gasteiger partial charge in [0.15, 0.2) is 5.78 Å². The SMILES string of the molecule is CN1C(=O)/C(=C\c2ccc(C(=O)CCCN3CCOCC3)cc2)SC1=S. The van der Waals surface area contributed by atoms with Gasteiger partial charge in [0.05, 0.1) is 18.1 Å². The zero-order valence-electron chi connectivity index (χ0n) is 14.8. The van der Waals surface area contributed by atoms with Crippen LogP contribution in [-0.2, 0) is 9.53 Å². The smallest absolute Gasteiger partial charge is 0.265 e. The first kappa shape index (κ1) is 19.2. The van der Waals surface area contributed by atoms with Gasteiger partial charge in [-0.2, -0.15) is 0 Å². The highest BCUT2D eigenvalue weighted by Gasteiger charge is 2.28. The van der Waals surface area contributed by atoms with Crippen molar-refractivity contribution in [2.75, 3.05) is 39.9 Å². The molecule has 0 spiro atoms. The Hall–Kier alpha value is -1.54. The Bertz CT molecular complexity index is 725. The molecular weight excluding hydrogens is 368 g/mol. The van der Waals surface area contributed by atoms with Crippen LogP contribution in [0.25, 0.3) is 6.08 Å². The molecule has 1 aromatic rings. The average molecular weight is 391 g/mol. The Morgan fingerprint density at radius 1 is 1.27 bits per heavy atom. The number of carbonyl (C=O) groups excluding carboxylic acids is 2. The van der Waals surface area contributed by atoms with Crippen molar-refractivity contribution in [3.8, 4) is 0 Å². The zero-order valence-corrected chi connectivity index (χ0v) is 16.4. The Kier molecular flexibility index (Phi) is 6.58. The summed E-state index contributed by atoms with van der Waals surface area (Å²) in [7, 11) is 1.68. The van der Waals surface area contributed by atoms with E-state index in [0.29, 0.717) is 21.2 Å². The van der Waals surface area contributed by atoms with Crippen molar-refractivity contribution in [2.24, 2.45) is 0 Å². The number of likely N-dealkylation sites (N-methyl/N-ethyl adjacent to an activating group) is 1. The molecule has 0 radical (unpaired) electrons. The molecular formula is C19H22N2O3S2. The molecule has 138 valence electrons. The van der Waals surface area contributed by atoms with E-state index in [1.165, 1.54) is 16.7 Å². The third kappa shape index (κ3) is 4.79. The van der Waals surface area contributed by atoms with E-state index < -0.39 is 0 Å². The van der Waals surface area contributed by atoms with E-state index in [2.05, 4.69) is 4.90 Å². The monoisotopic (exact) mass is 390 g/mol. The number of carbonyl (C=O) groups is 2. The number of amides is 1. The van der Waals surface area contributed by atoms with Crippen molar-refractivity contribution in [3.63, 3.8) is 0 Å². The molecule has 5 nitrogen and oxygen atoms in total. The van der Waals surface area contributed by atoms with E-state index in [4.69, 9.17) is 17.0 Å². The molecule has 2 saturated heterocycles. The molecule has 1 aromatic carbocycles. The summed E-state index contributed by atoms with van der Waals surface area (Å²) in [4.78, 5) is 28.8. The topological polar surface area (TPSA) is 49.9 Å². The maximum atomic E-state index is 12.3. The van der Waals surface area contributed by atoms with Crippen molar-refractivity contribution in [1.29, 1.82) is 0 Å². The van der Waals surface area contributed by atoms with Crippen LogP contribution in [0.2, 0.25) is 0 Å². The molecule has 0 unspecified atom stereocenters. The first-order chi connectivity index (χ1) is 12.5. The van der Waals surface area contributed by atoms with Gasteiger partial charge in [-0.3, -0.25) is 19.4 Å². The number of benzene rings is 1. The summed E-state index contributed by atoms with van der Waals surface area (Å²) in [6, 6.07) is 7.40. The molecule has 0 N–H and O–H groups in total. The molecule has 7 heteroatoms. The lowest BCUT2D eigenvalue weighted by Gasteiger charge is -2.26. The van der Waals surface area contributed by atoms with Gasteiger partial charge in [-0.05, 0) is 24.6 Å². The van der Waals surface area contributed by atoms with Crippen LogP contribution in [0.15, 0.2) is 29.2 Å². The lowest BCUT2D eigenvalue weighted by molar-refractivity contribution is -0.121. The van der Waals surface area contributed by atoms with Crippen LogP contribution in [0.5, 0.6) is 0 Å². The predicted octanol–water partition coefficient (Wildman–Crippen LogP) is 2.81. The molecule has 0 bridgehead atoms. The van der Waals surface area contributed by atoms with Crippen LogP contribution in [0.1, 0.15) is 28.8 Å². The van der Waals surface area contributed by atoms with Crippen molar-refractivity contribution in [3.05, 3.63) is 40.3 Å². The highest BCUT2D eigenvalue weighted by Crippen LogP contribution is 2.31. The van der Waals surface area contributed by atoms with Crippen LogP contribution < -0.4 is 0 Å². The second-order valence-electron chi connectivity index (χ2n) is 6.34. The molecule has 26 heavy (non-hydrogen) atoms. The van der Waals surface area contributed by atoms with Gasteiger partial charge in [-0.15, -0.1) is 0 Å². The highest BCUT2D eigenvalue weighted by molar-refractivity contribution is 8.26. The van der Waals surface area contributed by atoms with Gasteiger partial charge in [-0.1, -0.05) is 48.2 Å². The van der Waals surface area contributed by atoms with Crippen LogP contribution in [0.3, 0.4) is 0 Å². The predicted molar refractivity (Wildman–Crippen MR) is 108 cm³/mol. The van der Waals surface area contributed by atoms with Crippen LogP contribution in [0.4, 0.5) is 0 Å². The summed E-state index contributed by atoms with van der Waals surface area (Å²) in [5.74, 6) is 0.0768. The second-order valence-corrected chi connectivity index (χ2v) is 8.02. The Morgan fingerprint density at radius 2 is 1.96 bits per heavy atom. The minimum absolute atomic E-state index is 0.0803. The summed E-state index contributed by atoms with van der Waals surface area (Å²) in [6.07, 6.45) is 3.22.